The first-order chi connectivity index (χ1) is 21.2. The molecule has 1 aliphatic rings. The molecular formula is C41H40Br2N2. The normalized spacial score (nSPS) is 14.6. The monoisotopic (exact) mass is 718 g/mol. The molecule has 2 nitrogen and oxygen atoms in total. The molecule has 0 saturated heterocycles. The predicted molar refractivity (Wildman–Crippen MR) is 200 cm³/mol. The lowest BCUT2D eigenvalue weighted by atomic mass is 9.70. The van der Waals surface area contributed by atoms with Crippen molar-refractivity contribution < 1.29 is 0 Å². The molecule has 7 rings (SSSR count). The summed E-state index contributed by atoms with van der Waals surface area (Å²) in [5.41, 5.74) is 12.2. The van der Waals surface area contributed by atoms with Crippen molar-refractivity contribution in [1.82, 2.24) is 4.57 Å². The third kappa shape index (κ3) is 4.79. The van der Waals surface area contributed by atoms with Crippen LogP contribution in [0.1, 0.15) is 77.6 Å². The van der Waals surface area contributed by atoms with E-state index < -0.39 is 0 Å². The van der Waals surface area contributed by atoms with Gasteiger partial charge in [0.25, 0.3) is 0 Å². The van der Waals surface area contributed by atoms with E-state index >= 15 is 0 Å². The average Bonchev–Trinajstić information content (AvgIpc) is 3.31. The van der Waals surface area contributed by atoms with E-state index in [1.807, 2.05) is 0 Å². The SMILES string of the molecule is CC(C)(C)c1cc(Br)c2c(c1)C(C)(C)c1cc(C(C)(C)C)cc(Br)c1N2c1ccc2c3ccccc3n(-c3ccccc3)c2c1. The Morgan fingerprint density at radius 1 is 0.533 bits per heavy atom. The molecule has 0 radical (unpaired) electrons. The van der Waals surface area contributed by atoms with Crippen LogP contribution in [0, 0.1) is 0 Å². The summed E-state index contributed by atoms with van der Waals surface area (Å²) >= 11 is 8.21. The summed E-state index contributed by atoms with van der Waals surface area (Å²) in [5.74, 6) is 0. The minimum absolute atomic E-state index is 0.0160. The van der Waals surface area contributed by atoms with E-state index in [0.717, 1.165) is 20.3 Å². The summed E-state index contributed by atoms with van der Waals surface area (Å²) in [5, 5.41) is 2.51. The Labute approximate surface area is 284 Å². The van der Waals surface area contributed by atoms with E-state index in [1.54, 1.807) is 0 Å². The van der Waals surface area contributed by atoms with Gasteiger partial charge in [0.1, 0.15) is 0 Å². The summed E-state index contributed by atoms with van der Waals surface area (Å²) in [6.07, 6.45) is 0. The van der Waals surface area contributed by atoms with Crippen LogP contribution in [-0.2, 0) is 16.2 Å². The highest BCUT2D eigenvalue weighted by Crippen LogP contribution is 2.58. The van der Waals surface area contributed by atoms with Crippen LogP contribution in [0.2, 0.25) is 0 Å². The Morgan fingerprint density at radius 3 is 1.60 bits per heavy atom. The summed E-state index contributed by atoms with van der Waals surface area (Å²) in [7, 11) is 0. The fourth-order valence-corrected chi connectivity index (χ4v) is 8.21. The number of para-hydroxylation sites is 2. The van der Waals surface area contributed by atoms with Crippen LogP contribution >= 0.6 is 31.9 Å². The highest BCUT2D eigenvalue weighted by atomic mass is 79.9. The van der Waals surface area contributed by atoms with Gasteiger partial charge in [0.05, 0.1) is 22.4 Å². The Hall–Kier alpha value is -3.34. The minimum Gasteiger partial charge on any atom is -0.309 e. The number of benzene rings is 5. The molecule has 0 fully saturated rings. The van der Waals surface area contributed by atoms with Crippen LogP contribution in [0.25, 0.3) is 27.5 Å². The number of nitrogens with zero attached hydrogens (tertiary/aromatic N) is 2. The fraction of sp³-hybridized carbons (Fsp3) is 0.268. The highest BCUT2D eigenvalue weighted by Gasteiger charge is 2.41. The molecule has 5 aromatic carbocycles. The standard InChI is InChI=1S/C41H40Br2N2/c1-39(2,3)25-20-31-37(33(42)22-25)45(38-32(41(31,7)8)21-26(23-34(38)43)40(4,5)6)28-18-19-30-29-16-12-13-17-35(29)44(36(30)24-28)27-14-10-9-11-15-27/h9-24H,1-8H3. The number of fused-ring (bicyclic) bond motifs is 5. The molecule has 1 aromatic heterocycles. The van der Waals surface area contributed by atoms with Crippen LogP contribution in [0.3, 0.4) is 0 Å². The molecule has 6 aromatic rings. The Morgan fingerprint density at radius 2 is 1.04 bits per heavy atom. The second kappa shape index (κ2) is 10.3. The Bertz CT molecular complexity index is 2050. The van der Waals surface area contributed by atoms with Crippen molar-refractivity contribution in [2.24, 2.45) is 0 Å². The van der Waals surface area contributed by atoms with Gasteiger partial charge < -0.3 is 9.47 Å². The van der Waals surface area contributed by atoms with E-state index in [1.165, 1.54) is 55.4 Å². The maximum absolute atomic E-state index is 4.10. The number of hydrogen-bond acceptors (Lipinski definition) is 1. The number of anilines is 3. The van der Waals surface area contributed by atoms with E-state index in [9.17, 15) is 0 Å². The molecule has 0 atom stereocenters. The third-order valence-corrected chi connectivity index (χ3v) is 10.8. The van der Waals surface area contributed by atoms with Crippen LogP contribution in [0.5, 0.6) is 0 Å². The van der Waals surface area contributed by atoms with Crippen molar-refractivity contribution >= 4 is 70.7 Å². The molecule has 0 spiro atoms. The molecule has 0 saturated carbocycles. The zero-order valence-electron chi connectivity index (χ0n) is 27.4. The molecule has 228 valence electrons. The first-order valence-electron chi connectivity index (χ1n) is 15.8. The average molecular weight is 721 g/mol. The number of rotatable bonds is 2. The summed E-state index contributed by atoms with van der Waals surface area (Å²) in [6, 6.07) is 36.0. The van der Waals surface area contributed by atoms with Crippen molar-refractivity contribution in [1.29, 1.82) is 0 Å². The van der Waals surface area contributed by atoms with Crippen molar-refractivity contribution in [2.45, 2.75) is 71.6 Å². The quantitative estimate of drug-likeness (QED) is 0.173. The lowest BCUT2D eigenvalue weighted by molar-refractivity contribution is 0.572. The second-order valence-electron chi connectivity index (χ2n) is 15.1. The maximum Gasteiger partial charge on any atom is 0.0645 e. The van der Waals surface area contributed by atoms with Crippen molar-refractivity contribution in [3.05, 3.63) is 128 Å². The number of aromatic nitrogens is 1. The van der Waals surface area contributed by atoms with Gasteiger partial charge in [-0.2, -0.15) is 0 Å². The summed E-state index contributed by atoms with van der Waals surface area (Å²) in [4.78, 5) is 2.48. The van der Waals surface area contributed by atoms with Crippen LogP contribution in [0.15, 0.2) is 106 Å². The number of hydrogen-bond donors (Lipinski definition) is 0. The van der Waals surface area contributed by atoms with Gasteiger partial charge in [0.2, 0.25) is 0 Å². The van der Waals surface area contributed by atoms with Gasteiger partial charge in [-0.15, -0.1) is 0 Å². The molecule has 0 N–H and O–H groups in total. The van der Waals surface area contributed by atoms with E-state index in [-0.39, 0.29) is 16.2 Å². The van der Waals surface area contributed by atoms with Crippen molar-refractivity contribution in [2.75, 3.05) is 4.90 Å². The topological polar surface area (TPSA) is 8.17 Å². The molecule has 0 aliphatic carbocycles. The predicted octanol–water partition coefficient (Wildman–Crippen LogP) is 13.0. The Kier molecular flexibility index (Phi) is 6.96. The zero-order valence-corrected chi connectivity index (χ0v) is 30.6. The molecule has 0 amide bonds. The smallest absolute Gasteiger partial charge is 0.0645 e. The first-order valence-corrected chi connectivity index (χ1v) is 17.3. The molecule has 45 heavy (non-hydrogen) atoms. The van der Waals surface area contributed by atoms with Crippen LogP contribution < -0.4 is 4.90 Å². The third-order valence-electron chi connectivity index (χ3n) is 9.58. The van der Waals surface area contributed by atoms with Crippen molar-refractivity contribution in [3.8, 4) is 5.69 Å². The zero-order chi connectivity index (χ0) is 32.1. The molecular weight excluding hydrogens is 680 g/mol. The van der Waals surface area contributed by atoms with Crippen LogP contribution in [-0.4, -0.2) is 4.57 Å². The molecule has 0 unspecified atom stereocenters. The van der Waals surface area contributed by atoms with Crippen LogP contribution in [0.4, 0.5) is 17.1 Å². The fourth-order valence-electron chi connectivity index (χ4n) is 6.94. The van der Waals surface area contributed by atoms with Gasteiger partial charge >= 0.3 is 0 Å². The van der Waals surface area contributed by atoms with Gasteiger partial charge in [-0.3, -0.25) is 0 Å². The lowest BCUT2D eigenvalue weighted by Crippen LogP contribution is -2.33. The molecule has 2 heterocycles. The molecule has 1 aliphatic heterocycles. The highest BCUT2D eigenvalue weighted by molar-refractivity contribution is 9.11. The molecule has 4 heteroatoms. The van der Waals surface area contributed by atoms with E-state index in [4.69, 9.17) is 0 Å². The van der Waals surface area contributed by atoms with Gasteiger partial charge in [0.15, 0.2) is 0 Å². The molecule has 0 bridgehead atoms. The van der Waals surface area contributed by atoms with E-state index in [0.29, 0.717) is 0 Å². The minimum atomic E-state index is -0.224. The first kappa shape index (κ1) is 30.3. The largest absolute Gasteiger partial charge is 0.309 e. The lowest BCUT2D eigenvalue weighted by Gasteiger charge is -2.44. The van der Waals surface area contributed by atoms with Gasteiger partial charge in [-0.05, 0) is 107 Å². The number of halogens is 2. The Balaban J connectivity index is 1.59. The summed E-state index contributed by atoms with van der Waals surface area (Å²) < 4.78 is 4.62. The van der Waals surface area contributed by atoms with Gasteiger partial charge in [-0.25, -0.2) is 0 Å². The van der Waals surface area contributed by atoms with Crippen molar-refractivity contribution in [3.63, 3.8) is 0 Å². The maximum atomic E-state index is 4.10. The summed E-state index contributed by atoms with van der Waals surface area (Å²) in [6.45, 7) is 18.6. The van der Waals surface area contributed by atoms with E-state index in [2.05, 4.69) is 194 Å². The van der Waals surface area contributed by atoms with Gasteiger partial charge in [0, 0.05) is 36.5 Å². The van der Waals surface area contributed by atoms with Gasteiger partial charge in [-0.1, -0.05) is 110 Å². The second-order valence-corrected chi connectivity index (χ2v) is 16.8.